The fourth-order valence-electron chi connectivity index (χ4n) is 2.62. The van der Waals surface area contributed by atoms with E-state index in [2.05, 4.69) is 10.1 Å². The van der Waals surface area contributed by atoms with Crippen molar-refractivity contribution in [3.63, 3.8) is 0 Å². The highest BCUT2D eigenvalue weighted by atomic mass is 32.1. The van der Waals surface area contributed by atoms with Gasteiger partial charge in [-0.15, -0.1) is 0 Å². The molecule has 7 nitrogen and oxygen atoms in total. The Morgan fingerprint density at radius 1 is 1.57 bits per heavy atom. The lowest BCUT2D eigenvalue weighted by molar-refractivity contribution is -0.146. The van der Waals surface area contributed by atoms with E-state index in [-0.39, 0.29) is 17.6 Å². The van der Waals surface area contributed by atoms with Gasteiger partial charge in [0.15, 0.2) is 0 Å². The highest BCUT2D eigenvalue weighted by Gasteiger charge is 2.32. The minimum absolute atomic E-state index is 0.175. The quantitative estimate of drug-likeness (QED) is 0.773. The Morgan fingerprint density at radius 3 is 3.14 bits per heavy atom. The van der Waals surface area contributed by atoms with Gasteiger partial charge in [-0.3, -0.25) is 14.5 Å². The summed E-state index contributed by atoms with van der Waals surface area (Å²) in [6.45, 7) is 3.15. The highest BCUT2D eigenvalue weighted by molar-refractivity contribution is 7.16. The van der Waals surface area contributed by atoms with Gasteiger partial charge in [-0.25, -0.2) is 4.98 Å². The molecule has 1 unspecified atom stereocenters. The predicted octanol–water partition coefficient (Wildman–Crippen LogP) is 0.597. The van der Waals surface area contributed by atoms with Crippen molar-refractivity contribution in [1.29, 1.82) is 0 Å². The monoisotopic (exact) mass is 308 g/mol. The van der Waals surface area contributed by atoms with Crippen LogP contribution in [0.15, 0.2) is 10.9 Å². The standard InChI is InChI=1S/C13H16N4O3S/c1-8-6-11(18)17-13(14-8)21-10(15-17)7-16-5-3-4-9(16)12(19)20-2/h6,9H,3-5,7H2,1-2H3. The van der Waals surface area contributed by atoms with Crippen LogP contribution in [0, 0.1) is 6.92 Å². The molecule has 0 N–H and O–H groups in total. The molecule has 1 fully saturated rings. The first kappa shape index (κ1) is 14.2. The SMILES string of the molecule is COC(=O)C1CCCN1Cc1nn2c(=O)cc(C)nc2s1. The second-order valence-electron chi connectivity index (χ2n) is 5.08. The number of aryl methyl sites for hydroxylation is 1. The van der Waals surface area contributed by atoms with Crippen LogP contribution in [0.3, 0.4) is 0 Å². The van der Waals surface area contributed by atoms with Crippen molar-refractivity contribution in [2.24, 2.45) is 0 Å². The van der Waals surface area contributed by atoms with E-state index in [1.807, 2.05) is 4.90 Å². The van der Waals surface area contributed by atoms with Crippen molar-refractivity contribution in [2.45, 2.75) is 32.4 Å². The lowest BCUT2D eigenvalue weighted by Gasteiger charge is -2.20. The van der Waals surface area contributed by atoms with Crippen molar-refractivity contribution in [3.8, 4) is 0 Å². The molecule has 8 heteroatoms. The van der Waals surface area contributed by atoms with Gasteiger partial charge in [0, 0.05) is 11.8 Å². The van der Waals surface area contributed by atoms with Crippen LogP contribution < -0.4 is 5.56 Å². The molecule has 1 saturated heterocycles. The number of rotatable bonds is 3. The summed E-state index contributed by atoms with van der Waals surface area (Å²) in [6, 6.07) is 1.25. The third-order valence-corrected chi connectivity index (χ3v) is 4.48. The summed E-state index contributed by atoms with van der Waals surface area (Å²) in [5, 5.41) is 5.08. The lowest BCUT2D eigenvalue weighted by Crippen LogP contribution is -2.36. The van der Waals surface area contributed by atoms with Gasteiger partial charge in [0.1, 0.15) is 11.0 Å². The molecule has 0 amide bonds. The number of hydrogen-bond acceptors (Lipinski definition) is 7. The highest BCUT2D eigenvalue weighted by Crippen LogP contribution is 2.22. The number of hydrogen-bond donors (Lipinski definition) is 0. The number of esters is 1. The number of carbonyl (C=O) groups is 1. The molecule has 0 spiro atoms. The Kier molecular flexibility index (Phi) is 3.73. The van der Waals surface area contributed by atoms with E-state index in [9.17, 15) is 9.59 Å². The predicted molar refractivity (Wildman–Crippen MR) is 77.3 cm³/mol. The number of aromatic nitrogens is 3. The summed E-state index contributed by atoms with van der Waals surface area (Å²) in [5.41, 5.74) is 0.509. The third-order valence-electron chi connectivity index (χ3n) is 3.59. The third kappa shape index (κ3) is 2.68. The number of carbonyl (C=O) groups excluding carboxylic acids is 1. The van der Waals surface area contributed by atoms with Crippen LogP contribution in [-0.2, 0) is 16.1 Å². The summed E-state index contributed by atoms with van der Waals surface area (Å²) in [6.07, 6.45) is 1.76. The van der Waals surface area contributed by atoms with Crippen molar-refractivity contribution in [1.82, 2.24) is 19.5 Å². The molecule has 0 bridgehead atoms. The second kappa shape index (κ2) is 5.53. The van der Waals surface area contributed by atoms with E-state index in [0.717, 1.165) is 24.4 Å². The van der Waals surface area contributed by atoms with Crippen molar-refractivity contribution < 1.29 is 9.53 Å². The molecular formula is C13H16N4O3S. The van der Waals surface area contributed by atoms with Gasteiger partial charge >= 0.3 is 5.97 Å². The van der Waals surface area contributed by atoms with Crippen LogP contribution in [0.2, 0.25) is 0 Å². The van der Waals surface area contributed by atoms with Gasteiger partial charge in [-0.2, -0.15) is 9.61 Å². The molecule has 0 aliphatic carbocycles. The molecule has 0 radical (unpaired) electrons. The van der Waals surface area contributed by atoms with Gasteiger partial charge in [-0.1, -0.05) is 11.3 Å². The number of fused-ring (bicyclic) bond motifs is 1. The van der Waals surface area contributed by atoms with Crippen molar-refractivity contribution in [2.75, 3.05) is 13.7 Å². The molecular weight excluding hydrogens is 292 g/mol. The van der Waals surface area contributed by atoms with Crippen LogP contribution in [-0.4, -0.2) is 45.2 Å². The number of likely N-dealkylation sites (tertiary alicyclic amines) is 1. The summed E-state index contributed by atoms with van der Waals surface area (Å²) >= 11 is 1.38. The van der Waals surface area contributed by atoms with Crippen molar-refractivity contribution in [3.05, 3.63) is 27.1 Å². The Labute approximate surface area is 125 Å². The van der Waals surface area contributed by atoms with Crippen LogP contribution in [0.1, 0.15) is 23.5 Å². The largest absolute Gasteiger partial charge is 0.468 e. The van der Waals surface area contributed by atoms with Gasteiger partial charge < -0.3 is 4.74 Å². The molecule has 2 aromatic rings. The summed E-state index contributed by atoms with van der Waals surface area (Å²) < 4.78 is 6.15. The summed E-state index contributed by atoms with van der Waals surface area (Å²) in [7, 11) is 1.41. The Balaban J connectivity index is 1.86. The number of methoxy groups -OCH3 is 1. The van der Waals surface area contributed by atoms with E-state index < -0.39 is 0 Å². The van der Waals surface area contributed by atoms with Gasteiger partial charge in [0.2, 0.25) is 4.96 Å². The zero-order valence-electron chi connectivity index (χ0n) is 11.9. The summed E-state index contributed by atoms with van der Waals surface area (Å²) in [4.78, 5) is 30.5. The topological polar surface area (TPSA) is 76.8 Å². The Bertz CT molecular complexity index is 739. The van der Waals surface area contributed by atoms with E-state index in [1.54, 1.807) is 6.92 Å². The van der Waals surface area contributed by atoms with Gasteiger partial charge in [0.05, 0.1) is 13.7 Å². The molecule has 1 aliphatic heterocycles. The Hall–Kier alpha value is -1.80. The zero-order chi connectivity index (χ0) is 15.0. The van der Waals surface area contributed by atoms with Gasteiger partial charge in [0.25, 0.3) is 5.56 Å². The maximum absolute atomic E-state index is 11.8. The van der Waals surface area contributed by atoms with Crippen LogP contribution in [0.4, 0.5) is 0 Å². The van der Waals surface area contributed by atoms with E-state index in [0.29, 0.717) is 17.2 Å². The smallest absolute Gasteiger partial charge is 0.323 e. The second-order valence-corrected chi connectivity index (χ2v) is 6.12. The minimum atomic E-state index is -0.214. The van der Waals surface area contributed by atoms with Crippen LogP contribution in [0.25, 0.3) is 4.96 Å². The van der Waals surface area contributed by atoms with Gasteiger partial charge in [-0.05, 0) is 26.3 Å². The maximum atomic E-state index is 11.8. The number of nitrogens with zero attached hydrogens (tertiary/aromatic N) is 4. The molecule has 112 valence electrons. The average Bonchev–Trinajstić information content (AvgIpc) is 3.05. The molecule has 1 atom stereocenters. The molecule has 21 heavy (non-hydrogen) atoms. The van der Waals surface area contributed by atoms with E-state index in [1.165, 1.54) is 29.0 Å². The first-order valence-corrected chi connectivity index (χ1v) is 7.58. The van der Waals surface area contributed by atoms with Crippen LogP contribution in [0.5, 0.6) is 0 Å². The van der Waals surface area contributed by atoms with Crippen molar-refractivity contribution >= 4 is 22.3 Å². The van der Waals surface area contributed by atoms with Crippen LogP contribution >= 0.6 is 11.3 Å². The Morgan fingerprint density at radius 2 is 2.38 bits per heavy atom. The molecule has 2 aromatic heterocycles. The first-order chi connectivity index (χ1) is 10.1. The fourth-order valence-corrected chi connectivity index (χ4v) is 3.59. The zero-order valence-corrected chi connectivity index (χ0v) is 12.7. The van der Waals surface area contributed by atoms with E-state index >= 15 is 0 Å². The number of ether oxygens (including phenoxy) is 1. The lowest BCUT2D eigenvalue weighted by atomic mass is 10.2. The minimum Gasteiger partial charge on any atom is -0.468 e. The molecule has 0 aromatic carbocycles. The normalized spacial score (nSPS) is 19.2. The fraction of sp³-hybridized carbons (Fsp3) is 0.538. The molecule has 1 aliphatic rings. The molecule has 3 rings (SSSR count). The molecule has 0 saturated carbocycles. The van der Waals surface area contributed by atoms with E-state index in [4.69, 9.17) is 4.74 Å². The first-order valence-electron chi connectivity index (χ1n) is 6.77. The average molecular weight is 308 g/mol. The maximum Gasteiger partial charge on any atom is 0.323 e. The molecule has 3 heterocycles. The summed E-state index contributed by atoms with van der Waals surface area (Å²) in [5.74, 6) is -0.209.